The van der Waals surface area contributed by atoms with Gasteiger partial charge in [-0.1, -0.05) is 20.8 Å². The van der Waals surface area contributed by atoms with Gasteiger partial charge in [-0.25, -0.2) is 0 Å². The van der Waals surface area contributed by atoms with Crippen molar-refractivity contribution in [3.8, 4) is 0 Å². The Kier molecular flexibility index (Phi) is 8.15. The molecule has 0 aliphatic rings. The van der Waals surface area contributed by atoms with E-state index in [1.165, 1.54) is 0 Å². The third-order valence-corrected chi connectivity index (χ3v) is 2.98. The van der Waals surface area contributed by atoms with E-state index in [2.05, 4.69) is 5.32 Å². The summed E-state index contributed by atoms with van der Waals surface area (Å²) in [5, 5.41) is 11.9. The normalized spacial score (nSPS) is 15.2. The van der Waals surface area contributed by atoms with Crippen LogP contribution in [0, 0.1) is 5.41 Å². The van der Waals surface area contributed by atoms with Gasteiger partial charge in [-0.3, -0.25) is 4.79 Å². The highest BCUT2D eigenvalue weighted by molar-refractivity contribution is 5.81. The van der Waals surface area contributed by atoms with E-state index in [1.807, 2.05) is 20.8 Å². The smallest absolute Gasteiger partial charge is 0.237 e. The van der Waals surface area contributed by atoms with Crippen molar-refractivity contribution >= 4 is 5.91 Å². The Morgan fingerprint density at radius 2 is 2.00 bits per heavy atom. The Hall–Kier alpha value is -0.650. The number of rotatable bonds is 8. The Morgan fingerprint density at radius 1 is 1.39 bits per heavy atom. The van der Waals surface area contributed by atoms with Crippen LogP contribution >= 0.6 is 0 Å². The van der Waals surface area contributed by atoms with E-state index in [0.29, 0.717) is 19.4 Å². The first-order valence-electron chi connectivity index (χ1n) is 6.48. The van der Waals surface area contributed by atoms with Crippen LogP contribution in [0.15, 0.2) is 0 Å². The van der Waals surface area contributed by atoms with E-state index in [4.69, 9.17) is 15.6 Å². The summed E-state index contributed by atoms with van der Waals surface area (Å²) >= 11 is 0. The molecule has 0 aliphatic heterocycles. The molecule has 0 rings (SSSR count). The molecule has 0 radical (unpaired) electrons. The van der Waals surface area contributed by atoms with Crippen molar-refractivity contribution < 1.29 is 14.6 Å². The van der Waals surface area contributed by atoms with Gasteiger partial charge in [0.25, 0.3) is 0 Å². The molecule has 108 valence electrons. The number of carbonyl (C=O) groups is 1. The van der Waals surface area contributed by atoms with Gasteiger partial charge in [0.2, 0.25) is 5.91 Å². The van der Waals surface area contributed by atoms with E-state index in [0.717, 1.165) is 6.42 Å². The van der Waals surface area contributed by atoms with E-state index in [-0.39, 0.29) is 24.0 Å². The number of methoxy groups -OCH3 is 1. The molecule has 0 bridgehead atoms. The minimum Gasteiger partial charge on any atom is -0.396 e. The largest absolute Gasteiger partial charge is 0.396 e. The van der Waals surface area contributed by atoms with Gasteiger partial charge in [-0.15, -0.1) is 0 Å². The Balaban J connectivity index is 4.24. The molecule has 0 fully saturated rings. The predicted molar refractivity (Wildman–Crippen MR) is 72.2 cm³/mol. The van der Waals surface area contributed by atoms with E-state index in [9.17, 15) is 4.79 Å². The highest BCUT2D eigenvalue weighted by Gasteiger charge is 2.27. The summed E-state index contributed by atoms with van der Waals surface area (Å²) in [5.74, 6) is -0.153. The Labute approximate surface area is 110 Å². The second kappa shape index (κ2) is 8.45. The molecule has 1 amide bonds. The first kappa shape index (κ1) is 17.4. The van der Waals surface area contributed by atoms with Gasteiger partial charge in [0.05, 0.1) is 6.04 Å². The highest BCUT2D eigenvalue weighted by Crippen LogP contribution is 2.21. The van der Waals surface area contributed by atoms with Crippen LogP contribution in [-0.4, -0.2) is 43.4 Å². The predicted octanol–water partition coefficient (Wildman–Crippen LogP) is 0.654. The zero-order valence-electron chi connectivity index (χ0n) is 12.0. The molecular weight excluding hydrogens is 232 g/mol. The second-order valence-electron chi connectivity index (χ2n) is 5.68. The summed E-state index contributed by atoms with van der Waals surface area (Å²) in [6.07, 6.45) is 1.92. The monoisotopic (exact) mass is 260 g/mol. The van der Waals surface area contributed by atoms with Crippen LogP contribution in [0.2, 0.25) is 0 Å². The first-order valence-corrected chi connectivity index (χ1v) is 6.48. The number of hydrogen-bond acceptors (Lipinski definition) is 4. The molecule has 0 saturated heterocycles. The van der Waals surface area contributed by atoms with Crippen LogP contribution < -0.4 is 11.1 Å². The quantitative estimate of drug-likeness (QED) is 0.560. The SMILES string of the molecule is COCCCC(N)C(=O)NC(CCO)C(C)(C)C. The number of nitrogens with one attached hydrogen (secondary N) is 1. The van der Waals surface area contributed by atoms with Gasteiger partial charge in [0, 0.05) is 26.4 Å². The number of aliphatic hydroxyl groups excluding tert-OH is 1. The number of carbonyl (C=O) groups excluding carboxylic acids is 1. The maximum Gasteiger partial charge on any atom is 0.237 e. The summed E-state index contributed by atoms with van der Waals surface area (Å²) in [7, 11) is 1.63. The number of nitrogens with two attached hydrogens (primary N) is 1. The number of aliphatic hydroxyl groups is 1. The topological polar surface area (TPSA) is 84.6 Å². The number of ether oxygens (including phenoxy) is 1. The van der Waals surface area contributed by atoms with Crippen LogP contribution in [0.5, 0.6) is 0 Å². The lowest BCUT2D eigenvalue weighted by Gasteiger charge is -2.32. The lowest BCUT2D eigenvalue weighted by Crippen LogP contribution is -2.50. The van der Waals surface area contributed by atoms with Crippen molar-refractivity contribution in [3.05, 3.63) is 0 Å². The molecule has 0 aromatic rings. The zero-order valence-corrected chi connectivity index (χ0v) is 12.0. The van der Waals surface area contributed by atoms with Gasteiger partial charge in [-0.05, 0) is 24.7 Å². The fourth-order valence-corrected chi connectivity index (χ4v) is 1.71. The lowest BCUT2D eigenvalue weighted by atomic mass is 9.84. The molecule has 5 nitrogen and oxygen atoms in total. The first-order chi connectivity index (χ1) is 8.32. The van der Waals surface area contributed by atoms with Crippen molar-refractivity contribution in [2.45, 2.75) is 52.1 Å². The maximum atomic E-state index is 11.9. The molecule has 2 atom stereocenters. The molecule has 2 unspecified atom stereocenters. The molecule has 4 N–H and O–H groups in total. The Morgan fingerprint density at radius 3 is 2.44 bits per heavy atom. The standard InChI is InChI=1S/C13H28N2O3/c1-13(2,3)11(7-8-16)15-12(17)10(14)6-5-9-18-4/h10-11,16H,5-9,14H2,1-4H3,(H,15,17). The van der Waals surface area contributed by atoms with Crippen LogP contribution in [-0.2, 0) is 9.53 Å². The fourth-order valence-electron chi connectivity index (χ4n) is 1.71. The molecule has 0 spiro atoms. The summed E-state index contributed by atoms with van der Waals surface area (Å²) < 4.78 is 4.93. The van der Waals surface area contributed by atoms with Crippen molar-refractivity contribution in [2.24, 2.45) is 11.1 Å². The summed E-state index contributed by atoms with van der Waals surface area (Å²) in [6.45, 7) is 6.76. The minimum absolute atomic E-state index is 0.0567. The summed E-state index contributed by atoms with van der Waals surface area (Å²) in [5.41, 5.74) is 5.72. The van der Waals surface area contributed by atoms with Gasteiger partial charge in [0.15, 0.2) is 0 Å². The number of amides is 1. The molecular formula is C13H28N2O3. The fraction of sp³-hybridized carbons (Fsp3) is 0.923. The third-order valence-electron chi connectivity index (χ3n) is 2.98. The van der Waals surface area contributed by atoms with Crippen molar-refractivity contribution in [1.29, 1.82) is 0 Å². The van der Waals surface area contributed by atoms with Gasteiger partial charge < -0.3 is 20.9 Å². The summed E-state index contributed by atoms with van der Waals surface area (Å²) in [4.78, 5) is 11.9. The minimum atomic E-state index is -0.510. The van der Waals surface area contributed by atoms with Crippen LogP contribution in [0.4, 0.5) is 0 Å². The van der Waals surface area contributed by atoms with Gasteiger partial charge >= 0.3 is 0 Å². The second-order valence-corrected chi connectivity index (χ2v) is 5.68. The molecule has 0 aromatic heterocycles. The summed E-state index contributed by atoms with van der Waals surface area (Å²) in [6, 6.07) is -0.577. The third kappa shape index (κ3) is 6.93. The van der Waals surface area contributed by atoms with E-state index >= 15 is 0 Å². The average molecular weight is 260 g/mol. The number of hydrogen-bond donors (Lipinski definition) is 3. The van der Waals surface area contributed by atoms with Gasteiger partial charge in [-0.2, -0.15) is 0 Å². The van der Waals surface area contributed by atoms with Crippen LogP contribution in [0.1, 0.15) is 40.0 Å². The molecule has 0 aliphatic carbocycles. The lowest BCUT2D eigenvalue weighted by molar-refractivity contribution is -0.124. The van der Waals surface area contributed by atoms with Crippen LogP contribution in [0.3, 0.4) is 0 Å². The zero-order chi connectivity index (χ0) is 14.2. The molecule has 0 heterocycles. The average Bonchev–Trinajstić information content (AvgIpc) is 2.27. The molecule has 0 saturated carbocycles. The van der Waals surface area contributed by atoms with Crippen molar-refractivity contribution in [1.82, 2.24) is 5.32 Å². The molecule has 5 heteroatoms. The Bertz CT molecular complexity index is 239. The molecule has 18 heavy (non-hydrogen) atoms. The molecule has 0 aromatic carbocycles. The van der Waals surface area contributed by atoms with E-state index in [1.54, 1.807) is 7.11 Å². The van der Waals surface area contributed by atoms with Crippen molar-refractivity contribution in [3.63, 3.8) is 0 Å². The highest BCUT2D eigenvalue weighted by atomic mass is 16.5. The van der Waals surface area contributed by atoms with E-state index < -0.39 is 6.04 Å². The maximum absolute atomic E-state index is 11.9. The van der Waals surface area contributed by atoms with Gasteiger partial charge in [0.1, 0.15) is 0 Å². The van der Waals surface area contributed by atoms with Crippen molar-refractivity contribution in [2.75, 3.05) is 20.3 Å². The van der Waals surface area contributed by atoms with Crippen LogP contribution in [0.25, 0.3) is 0 Å².